The van der Waals surface area contributed by atoms with Gasteiger partial charge in [0.05, 0.1) is 17.3 Å². The lowest BCUT2D eigenvalue weighted by atomic mass is 9.91. The molecule has 1 aliphatic rings. The van der Waals surface area contributed by atoms with Crippen molar-refractivity contribution in [1.29, 1.82) is 0 Å². The van der Waals surface area contributed by atoms with Crippen molar-refractivity contribution in [2.45, 2.75) is 84.0 Å². The highest BCUT2D eigenvalue weighted by atomic mass is 35.5. The van der Waals surface area contributed by atoms with Crippen molar-refractivity contribution in [2.24, 2.45) is 10.7 Å². The molecule has 9 heteroatoms. The van der Waals surface area contributed by atoms with Gasteiger partial charge in [0.1, 0.15) is 0 Å². The normalized spacial score (nSPS) is 19.7. The summed E-state index contributed by atoms with van der Waals surface area (Å²) in [6.07, 6.45) is 4.29. The van der Waals surface area contributed by atoms with Crippen LogP contribution >= 0.6 is 11.6 Å². The second-order valence-electron chi connectivity index (χ2n) is 9.52. The Morgan fingerprint density at radius 2 is 2.00 bits per heavy atom. The minimum Gasteiger partial charge on any atom is -0.398 e. The van der Waals surface area contributed by atoms with Crippen LogP contribution in [0.15, 0.2) is 23.2 Å². The molecule has 0 bridgehead atoms. The summed E-state index contributed by atoms with van der Waals surface area (Å²) in [5.41, 5.74) is 17.6. The second kappa shape index (κ2) is 9.73. The number of nitrogens with one attached hydrogen (secondary N) is 2. The highest BCUT2D eigenvalue weighted by Gasteiger charge is 2.24. The quantitative estimate of drug-likeness (QED) is 0.395. The average Bonchev–Trinajstić information content (AvgIpc) is 3.20. The number of aromatic amines is 1. The summed E-state index contributed by atoms with van der Waals surface area (Å²) in [5.74, 6) is 0.923. The summed E-state index contributed by atoms with van der Waals surface area (Å²) in [4.78, 5) is 10.1. The summed E-state index contributed by atoms with van der Waals surface area (Å²) in [6.45, 7) is 9.05. The van der Waals surface area contributed by atoms with Crippen molar-refractivity contribution in [1.82, 2.24) is 19.7 Å². The van der Waals surface area contributed by atoms with Crippen LogP contribution in [-0.2, 0) is 6.54 Å². The number of anilines is 2. The van der Waals surface area contributed by atoms with Crippen LogP contribution in [0.5, 0.6) is 0 Å². The molecule has 1 saturated carbocycles. The minimum atomic E-state index is 0.0603. The van der Waals surface area contributed by atoms with Crippen molar-refractivity contribution in [3.63, 3.8) is 0 Å². The van der Waals surface area contributed by atoms with Gasteiger partial charge in [-0.2, -0.15) is 10.1 Å². The first-order valence-corrected chi connectivity index (χ1v) is 12.2. The van der Waals surface area contributed by atoms with E-state index in [0.29, 0.717) is 28.7 Å². The Labute approximate surface area is 199 Å². The maximum absolute atomic E-state index is 6.44. The first kappa shape index (κ1) is 23.6. The molecular weight excluding hydrogens is 436 g/mol. The molecule has 2 heterocycles. The number of benzene rings is 1. The molecule has 0 spiro atoms. The Kier molecular flexibility index (Phi) is 6.95. The topological polar surface area (TPSA) is 123 Å². The van der Waals surface area contributed by atoms with Crippen LogP contribution in [0.1, 0.15) is 76.6 Å². The molecule has 0 aliphatic heterocycles. The van der Waals surface area contributed by atoms with E-state index in [9.17, 15) is 0 Å². The fourth-order valence-electron chi connectivity index (χ4n) is 4.55. The molecule has 33 heavy (non-hydrogen) atoms. The smallest absolute Gasteiger partial charge is 0.227 e. The van der Waals surface area contributed by atoms with E-state index in [-0.39, 0.29) is 24.0 Å². The van der Waals surface area contributed by atoms with Crippen molar-refractivity contribution >= 4 is 34.1 Å². The molecule has 1 aliphatic carbocycles. The number of rotatable bonds is 6. The van der Waals surface area contributed by atoms with E-state index in [1.807, 2.05) is 18.2 Å². The van der Waals surface area contributed by atoms with Crippen LogP contribution in [0.4, 0.5) is 11.5 Å². The molecule has 8 nitrogen and oxygen atoms in total. The van der Waals surface area contributed by atoms with Crippen molar-refractivity contribution in [3.05, 3.63) is 40.1 Å². The molecular formula is C24H35ClN8. The van der Waals surface area contributed by atoms with Crippen LogP contribution in [0.25, 0.3) is 11.0 Å². The fourth-order valence-corrected chi connectivity index (χ4v) is 4.80. The number of nitrogens with two attached hydrogens (primary N) is 2. The van der Waals surface area contributed by atoms with Gasteiger partial charge in [0.2, 0.25) is 5.62 Å². The van der Waals surface area contributed by atoms with Crippen molar-refractivity contribution in [2.75, 3.05) is 11.1 Å². The van der Waals surface area contributed by atoms with E-state index in [1.54, 1.807) is 0 Å². The second-order valence-corrected chi connectivity index (χ2v) is 9.93. The van der Waals surface area contributed by atoms with Gasteiger partial charge in [0, 0.05) is 34.9 Å². The zero-order valence-electron chi connectivity index (χ0n) is 19.9. The Morgan fingerprint density at radius 3 is 2.67 bits per heavy atom. The van der Waals surface area contributed by atoms with Crippen LogP contribution in [0, 0.1) is 0 Å². The SMILES string of the molecule is CC(C)c1[nH]nc2c(NCc3c(N)cccc3Cl)nc(=NC3CCCCC3N)n(C(C)C)c12. The minimum absolute atomic E-state index is 0.0603. The highest BCUT2D eigenvalue weighted by Crippen LogP contribution is 2.29. The summed E-state index contributed by atoms with van der Waals surface area (Å²) in [6, 6.07) is 5.81. The van der Waals surface area contributed by atoms with Gasteiger partial charge in [0.15, 0.2) is 11.3 Å². The standard InChI is InChI=1S/C24H35ClN8/c1-13(2)20-22-21(32-31-20)23(28-12-15-16(25)8-7-10-17(15)26)30-24(33(22)14(3)4)29-19-11-6-5-9-18(19)27/h7-8,10,13-14,18-19H,5-6,9,11-12,26-27H2,1-4H3,(H,31,32)(H,28,29,30). The van der Waals surface area contributed by atoms with Crippen LogP contribution in [0.3, 0.4) is 0 Å². The lowest BCUT2D eigenvalue weighted by molar-refractivity contribution is 0.375. The van der Waals surface area contributed by atoms with Crippen LogP contribution in [0.2, 0.25) is 5.02 Å². The number of fused-ring (bicyclic) bond motifs is 1. The molecule has 6 N–H and O–H groups in total. The van der Waals surface area contributed by atoms with E-state index < -0.39 is 0 Å². The predicted molar refractivity (Wildman–Crippen MR) is 135 cm³/mol. The van der Waals surface area contributed by atoms with E-state index >= 15 is 0 Å². The summed E-state index contributed by atoms with van der Waals surface area (Å²) >= 11 is 6.40. The van der Waals surface area contributed by atoms with Crippen molar-refractivity contribution < 1.29 is 0 Å². The fraction of sp³-hybridized carbons (Fsp3) is 0.542. The molecule has 2 aromatic heterocycles. The maximum Gasteiger partial charge on any atom is 0.227 e. The zero-order valence-corrected chi connectivity index (χ0v) is 20.7. The van der Waals surface area contributed by atoms with E-state index in [1.165, 1.54) is 0 Å². The van der Waals surface area contributed by atoms with Gasteiger partial charge in [-0.25, -0.2) is 4.99 Å². The number of hydrogen-bond acceptors (Lipinski definition) is 6. The van der Waals surface area contributed by atoms with E-state index in [0.717, 1.165) is 48.0 Å². The van der Waals surface area contributed by atoms with Crippen LogP contribution < -0.4 is 22.4 Å². The first-order chi connectivity index (χ1) is 15.8. The Morgan fingerprint density at radius 1 is 1.24 bits per heavy atom. The number of nitrogens with zero attached hydrogens (tertiary/aromatic N) is 4. The number of aromatic nitrogens is 4. The zero-order chi connectivity index (χ0) is 23.7. The van der Waals surface area contributed by atoms with Crippen LogP contribution in [-0.4, -0.2) is 31.8 Å². The molecule has 1 aromatic carbocycles. The van der Waals surface area contributed by atoms with Gasteiger partial charge in [-0.15, -0.1) is 0 Å². The van der Waals surface area contributed by atoms with Crippen molar-refractivity contribution in [3.8, 4) is 0 Å². The number of hydrogen-bond donors (Lipinski definition) is 4. The van der Waals surface area contributed by atoms with Gasteiger partial charge < -0.3 is 21.4 Å². The number of halogens is 1. The van der Waals surface area contributed by atoms with Gasteiger partial charge in [-0.3, -0.25) is 5.10 Å². The molecule has 178 valence electrons. The molecule has 3 aromatic rings. The summed E-state index contributed by atoms with van der Waals surface area (Å²) in [5, 5.41) is 11.9. The lowest BCUT2D eigenvalue weighted by Gasteiger charge is -2.25. The number of nitrogen functional groups attached to an aromatic ring is 1. The van der Waals surface area contributed by atoms with E-state index in [2.05, 4.69) is 47.8 Å². The monoisotopic (exact) mass is 470 g/mol. The molecule has 1 fully saturated rings. The van der Waals surface area contributed by atoms with E-state index in [4.69, 9.17) is 33.0 Å². The molecule has 4 rings (SSSR count). The molecule has 0 amide bonds. The Bertz CT molecular complexity index is 1170. The molecule has 2 atom stereocenters. The average molecular weight is 471 g/mol. The third-order valence-electron chi connectivity index (χ3n) is 6.40. The summed E-state index contributed by atoms with van der Waals surface area (Å²) < 4.78 is 2.19. The predicted octanol–water partition coefficient (Wildman–Crippen LogP) is 4.48. The Balaban J connectivity index is 1.88. The van der Waals surface area contributed by atoms with Gasteiger partial charge in [0.25, 0.3) is 0 Å². The third-order valence-corrected chi connectivity index (χ3v) is 6.76. The Hall–Kier alpha value is -2.58. The van der Waals surface area contributed by atoms with Gasteiger partial charge in [-0.1, -0.05) is 44.4 Å². The summed E-state index contributed by atoms with van der Waals surface area (Å²) in [7, 11) is 0. The third kappa shape index (κ3) is 4.73. The molecule has 0 saturated heterocycles. The van der Waals surface area contributed by atoms with Gasteiger partial charge >= 0.3 is 0 Å². The lowest BCUT2D eigenvalue weighted by Crippen LogP contribution is -2.39. The number of H-pyrrole nitrogens is 1. The first-order valence-electron chi connectivity index (χ1n) is 11.8. The molecule has 2 unspecified atom stereocenters. The molecule has 0 radical (unpaired) electrons. The largest absolute Gasteiger partial charge is 0.398 e. The maximum atomic E-state index is 6.44. The highest BCUT2D eigenvalue weighted by molar-refractivity contribution is 6.31. The van der Waals surface area contributed by atoms with Gasteiger partial charge in [-0.05, 0) is 44.7 Å².